The van der Waals surface area contributed by atoms with Crippen molar-refractivity contribution >= 4 is 11.9 Å². The van der Waals surface area contributed by atoms with Crippen molar-refractivity contribution in [1.29, 1.82) is 0 Å². The molecule has 4 nitrogen and oxygen atoms in total. The molecule has 0 heterocycles. The highest BCUT2D eigenvalue weighted by molar-refractivity contribution is 5.97. The molecule has 1 rings (SSSR count). The average Bonchev–Trinajstić information content (AvgIpc) is 2.39. The monoisotopic (exact) mass is 271 g/mol. The molecule has 0 aliphatic rings. The number of halogens is 2. The number of methoxy groups -OCH3 is 1. The Labute approximate surface area is 109 Å². The Morgan fingerprint density at radius 2 is 2.00 bits per heavy atom. The Balaban J connectivity index is 3.01. The van der Waals surface area contributed by atoms with Gasteiger partial charge in [0.15, 0.2) is 0 Å². The maximum atomic E-state index is 13.7. The molecule has 0 aliphatic heterocycles. The van der Waals surface area contributed by atoms with E-state index in [0.29, 0.717) is 0 Å². The molecule has 1 unspecified atom stereocenters. The number of ether oxygens (including phenoxy) is 1. The van der Waals surface area contributed by atoms with Crippen LogP contribution in [0.15, 0.2) is 12.1 Å². The molecular formula is C13H15F2NO3. The molecule has 1 atom stereocenters. The highest BCUT2D eigenvalue weighted by Crippen LogP contribution is 2.16. The lowest BCUT2D eigenvalue weighted by Crippen LogP contribution is -2.41. The molecule has 104 valence electrons. The number of hydrogen-bond donors (Lipinski definition) is 1. The minimum absolute atomic E-state index is 0.151. The zero-order chi connectivity index (χ0) is 14.6. The molecule has 19 heavy (non-hydrogen) atoms. The van der Waals surface area contributed by atoms with E-state index >= 15 is 0 Å². The minimum atomic E-state index is -0.976. The number of hydrogen-bond acceptors (Lipinski definition) is 3. The van der Waals surface area contributed by atoms with Gasteiger partial charge < -0.3 is 10.1 Å². The molecule has 0 fully saturated rings. The van der Waals surface area contributed by atoms with E-state index in [-0.39, 0.29) is 12.0 Å². The van der Waals surface area contributed by atoms with Crippen LogP contribution in [-0.4, -0.2) is 25.0 Å². The van der Waals surface area contributed by atoms with Gasteiger partial charge in [0.2, 0.25) is 0 Å². The molecule has 0 spiro atoms. The summed E-state index contributed by atoms with van der Waals surface area (Å²) < 4.78 is 31.7. The number of amides is 1. The summed E-state index contributed by atoms with van der Waals surface area (Å²) in [4.78, 5) is 23.2. The smallest absolute Gasteiger partial charge is 0.328 e. The van der Waals surface area contributed by atoms with Crippen LogP contribution in [0.1, 0.15) is 29.3 Å². The van der Waals surface area contributed by atoms with Crippen molar-refractivity contribution in [1.82, 2.24) is 5.32 Å². The summed E-state index contributed by atoms with van der Waals surface area (Å²) in [6.45, 7) is 3.06. The van der Waals surface area contributed by atoms with Gasteiger partial charge in [-0.15, -0.1) is 0 Å². The second-order valence-electron chi connectivity index (χ2n) is 4.01. The Kier molecular flexibility index (Phi) is 4.97. The number of carbonyl (C=O) groups excluding carboxylic acids is 2. The molecule has 6 heteroatoms. The number of rotatable bonds is 4. The van der Waals surface area contributed by atoms with Gasteiger partial charge >= 0.3 is 5.97 Å². The summed E-state index contributed by atoms with van der Waals surface area (Å²) in [5.41, 5.74) is -0.542. The van der Waals surface area contributed by atoms with Crippen LogP contribution in [0.3, 0.4) is 0 Å². The van der Waals surface area contributed by atoms with Gasteiger partial charge in [0, 0.05) is 0 Å². The Morgan fingerprint density at radius 3 is 2.53 bits per heavy atom. The molecule has 0 saturated carbocycles. The van der Waals surface area contributed by atoms with Gasteiger partial charge in [0.05, 0.1) is 7.11 Å². The highest BCUT2D eigenvalue weighted by Gasteiger charge is 2.24. The molecule has 0 aliphatic carbocycles. The topological polar surface area (TPSA) is 55.4 Å². The van der Waals surface area contributed by atoms with Gasteiger partial charge in [0.1, 0.15) is 23.2 Å². The molecule has 0 aromatic heterocycles. The van der Waals surface area contributed by atoms with E-state index in [1.54, 1.807) is 6.92 Å². The van der Waals surface area contributed by atoms with Gasteiger partial charge in [-0.2, -0.15) is 0 Å². The maximum Gasteiger partial charge on any atom is 0.328 e. The van der Waals surface area contributed by atoms with Crippen molar-refractivity contribution in [2.24, 2.45) is 0 Å². The summed E-state index contributed by atoms with van der Waals surface area (Å²) in [6.07, 6.45) is 0.257. The fourth-order valence-electron chi connectivity index (χ4n) is 1.57. The van der Waals surface area contributed by atoms with Crippen molar-refractivity contribution in [3.8, 4) is 0 Å². The first-order valence-electron chi connectivity index (χ1n) is 5.75. The van der Waals surface area contributed by atoms with Crippen LogP contribution in [0.2, 0.25) is 0 Å². The first kappa shape index (κ1) is 15.1. The third-order valence-corrected chi connectivity index (χ3v) is 2.71. The van der Waals surface area contributed by atoms with Gasteiger partial charge in [-0.3, -0.25) is 4.79 Å². The largest absolute Gasteiger partial charge is 0.467 e. The number of benzene rings is 1. The van der Waals surface area contributed by atoms with Crippen LogP contribution in [0.5, 0.6) is 0 Å². The number of nitrogens with one attached hydrogen (secondary N) is 1. The zero-order valence-corrected chi connectivity index (χ0v) is 10.9. The molecule has 1 N–H and O–H groups in total. The molecule has 1 aromatic carbocycles. The van der Waals surface area contributed by atoms with Crippen molar-refractivity contribution in [3.05, 3.63) is 34.9 Å². The molecular weight excluding hydrogens is 256 g/mol. The van der Waals surface area contributed by atoms with Crippen molar-refractivity contribution in [2.45, 2.75) is 26.3 Å². The Morgan fingerprint density at radius 1 is 1.37 bits per heavy atom. The van der Waals surface area contributed by atoms with Crippen LogP contribution < -0.4 is 5.32 Å². The minimum Gasteiger partial charge on any atom is -0.467 e. The third kappa shape index (κ3) is 3.27. The lowest BCUT2D eigenvalue weighted by Gasteiger charge is -2.15. The van der Waals surface area contributed by atoms with E-state index in [1.165, 1.54) is 20.1 Å². The second-order valence-corrected chi connectivity index (χ2v) is 4.01. The van der Waals surface area contributed by atoms with Gasteiger partial charge in [-0.1, -0.05) is 13.0 Å². The number of carbonyl (C=O) groups is 2. The van der Waals surface area contributed by atoms with Crippen LogP contribution in [0, 0.1) is 18.6 Å². The Bertz CT molecular complexity index is 503. The summed E-state index contributed by atoms with van der Waals surface area (Å²) in [5, 5.41) is 2.25. The van der Waals surface area contributed by atoms with E-state index in [1.807, 2.05) is 0 Å². The lowest BCUT2D eigenvalue weighted by atomic mass is 10.1. The quantitative estimate of drug-likeness (QED) is 0.852. The van der Waals surface area contributed by atoms with Crippen LogP contribution in [0.4, 0.5) is 8.78 Å². The molecule has 1 aromatic rings. The van der Waals surface area contributed by atoms with Crippen LogP contribution >= 0.6 is 0 Å². The van der Waals surface area contributed by atoms with Crippen LogP contribution in [0.25, 0.3) is 0 Å². The average molecular weight is 271 g/mol. The predicted octanol–water partition coefficient (Wildman–Crippen LogP) is 1.95. The fraction of sp³-hybridized carbons (Fsp3) is 0.385. The van der Waals surface area contributed by atoms with Gasteiger partial charge in [0.25, 0.3) is 5.91 Å². The molecule has 0 bridgehead atoms. The van der Waals surface area contributed by atoms with E-state index < -0.39 is 35.1 Å². The second kappa shape index (κ2) is 6.26. The van der Waals surface area contributed by atoms with Crippen molar-refractivity contribution in [3.63, 3.8) is 0 Å². The predicted molar refractivity (Wildman–Crippen MR) is 64.7 cm³/mol. The maximum absolute atomic E-state index is 13.7. The molecule has 0 saturated heterocycles. The fourth-order valence-corrected chi connectivity index (χ4v) is 1.57. The van der Waals surface area contributed by atoms with Crippen molar-refractivity contribution < 1.29 is 23.1 Å². The zero-order valence-electron chi connectivity index (χ0n) is 10.9. The van der Waals surface area contributed by atoms with E-state index in [0.717, 1.165) is 6.07 Å². The summed E-state index contributed by atoms with van der Waals surface area (Å²) in [7, 11) is 1.17. The third-order valence-electron chi connectivity index (χ3n) is 2.71. The standard InChI is InChI=1S/C13H15F2NO3/c1-4-9(13(18)19-3)16-12(17)10-8(14)6-5-7(2)11(10)15/h5-6,9H,4H2,1-3H3,(H,16,17). The van der Waals surface area contributed by atoms with E-state index in [2.05, 4.69) is 10.1 Å². The summed E-state index contributed by atoms with van der Waals surface area (Å²) in [5.74, 6) is -3.54. The normalized spacial score (nSPS) is 11.8. The summed E-state index contributed by atoms with van der Waals surface area (Å²) >= 11 is 0. The van der Waals surface area contributed by atoms with Crippen molar-refractivity contribution in [2.75, 3.05) is 7.11 Å². The molecule has 0 radical (unpaired) electrons. The SMILES string of the molecule is CCC(NC(=O)c1c(F)ccc(C)c1F)C(=O)OC. The van der Waals surface area contributed by atoms with Gasteiger partial charge in [-0.25, -0.2) is 13.6 Å². The first-order valence-corrected chi connectivity index (χ1v) is 5.75. The lowest BCUT2D eigenvalue weighted by molar-refractivity contribution is -0.142. The number of esters is 1. The van der Waals surface area contributed by atoms with E-state index in [4.69, 9.17) is 0 Å². The number of aryl methyl sites for hydroxylation is 1. The molecule has 1 amide bonds. The Hall–Kier alpha value is -1.98. The van der Waals surface area contributed by atoms with E-state index in [9.17, 15) is 18.4 Å². The first-order chi connectivity index (χ1) is 8.92. The van der Waals surface area contributed by atoms with Crippen LogP contribution in [-0.2, 0) is 9.53 Å². The summed E-state index contributed by atoms with van der Waals surface area (Å²) in [6, 6.07) is 1.31. The highest BCUT2D eigenvalue weighted by atomic mass is 19.1. The van der Waals surface area contributed by atoms with Gasteiger partial charge in [-0.05, 0) is 25.0 Å².